The molecular formula is C11H13ClN4OS. The summed E-state index contributed by atoms with van der Waals surface area (Å²) in [5.74, 6) is 1.14. The molecule has 0 atom stereocenters. The van der Waals surface area contributed by atoms with Gasteiger partial charge in [-0.3, -0.25) is 4.79 Å². The van der Waals surface area contributed by atoms with E-state index < -0.39 is 0 Å². The van der Waals surface area contributed by atoms with Crippen LogP contribution in [0.2, 0.25) is 0 Å². The second-order valence-electron chi connectivity index (χ2n) is 3.77. The van der Waals surface area contributed by atoms with Crippen LogP contribution in [0, 0.1) is 0 Å². The molecule has 0 radical (unpaired) electrons. The number of hydrogen-bond donors (Lipinski definition) is 1. The number of aromatic nitrogens is 3. The maximum atomic E-state index is 11.7. The molecule has 2 aromatic heterocycles. The number of hydrogen-bond acceptors (Lipinski definition) is 4. The number of carbonyl (C=O) groups excluding carboxylic acids is 1. The summed E-state index contributed by atoms with van der Waals surface area (Å²) in [6, 6.07) is 0. The summed E-state index contributed by atoms with van der Waals surface area (Å²) in [6.07, 6.45) is 3.83. The molecule has 2 heterocycles. The minimum Gasteiger partial charge on any atom is -0.349 e. The molecule has 0 aliphatic rings. The molecule has 1 N–H and O–H groups in total. The average molecular weight is 285 g/mol. The molecule has 7 heteroatoms. The Morgan fingerprint density at radius 2 is 2.44 bits per heavy atom. The molecule has 0 aromatic carbocycles. The van der Waals surface area contributed by atoms with Crippen molar-refractivity contribution in [2.75, 3.05) is 0 Å². The second kappa shape index (κ2) is 5.97. The van der Waals surface area contributed by atoms with Gasteiger partial charge in [0.15, 0.2) is 0 Å². The van der Waals surface area contributed by atoms with Crippen LogP contribution in [-0.4, -0.2) is 20.4 Å². The van der Waals surface area contributed by atoms with Crippen LogP contribution < -0.4 is 5.32 Å². The predicted octanol–water partition coefficient (Wildman–Crippen LogP) is 1.47. The van der Waals surface area contributed by atoms with Gasteiger partial charge in [0.1, 0.15) is 10.8 Å². The third-order valence-electron chi connectivity index (χ3n) is 2.41. The van der Waals surface area contributed by atoms with Gasteiger partial charge in [-0.05, 0) is 0 Å². The standard InChI is InChI=1S/C11H13ClN4OS/c1-16-3-2-13-9(16)6-14-10(17)4-11-15-8(5-12)7-18-11/h2-3,7H,4-6H2,1H3,(H,14,17). The van der Waals surface area contributed by atoms with E-state index in [0.717, 1.165) is 16.5 Å². The maximum Gasteiger partial charge on any atom is 0.227 e. The Kier molecular flexibility index (Phi) is 4.33. The van der Waals surface area contributed by atoms with E-state index in [4.69, 9.17) is 11.6 Å². The number of nitrogens with one attached hydrogen (secondary N) is 1. The van der Waals surface area contributed by atoms with Crippen molar-refractivity contribution in [3.8, 4) is 0 Å². The van der Waals surface area contributed by atoms with Gasteiger partial charge in [0.05, 0.1) is 24.5 Å². The smallest absolute Gasteiger partial charge is 0.227 e. The van der Waals surface area contributed by atoms with Gasteiger partial charge in [-0.1, -0.05) is 0 Å². The van der Waals surface area contributed by atoms with Crippen LogP contribution in [0.3, 0.4) is 0 Å². The predicted molar refractivity (Wildman–Crippen MR) is 70.4 cm³/mol. The summed E-state index contributed by atoms with van der Waals surface area (Å²) in [4.78, 5) is 20.1. The fraction of sp³-hybridized carbons (Fsp3) is 0.364. The van der Waals surface area contributed by atoms with Crippen molar-refractivity contribution >= 4 is 28.8 Å². The third-order valence-corrected chi connectivity index (χ3v) is 3.58. The second-order valence-corrected chi connectivity index (χ2v) is 4.98. The van der Waals surface area contributed by atoms with Crippen molar-refractivity contribution in [3.63, 3.8) is 0 Å². The Morgan fingerprint density at radius 3 is 3.06 bits per heavy atom. The van der Waals surface area contributed by atoms with Gasteiger partial charge in [-0.2, -0.15) is 0 Å². The highest BCUT2D eigenvalue weighted by atomic mass is 35.5. The Hall–Kier alpha value is -1.40. The first-order chi connectivity index (χ1) is 8.69. The van der Waals surface area contributed by atoms with E-state index in [9.17, 15) is 4.79 Å². The van der Waals surface area contributed by atoms with E-state index >= 15 is 0 Å². The number of carbonyl (C=O) groups is 1. The number of thiazole rings is 1. The lowest BCUT2D eigenvalue weighted by Gasteiger charge is -2.03. The Labute approximate surface area is 114 Å². The summed E-state index contributed by atoms with van der Waals surface area (Å²) >= 11 is 7.11. The fourth-order valence-corrected chi connectivity index (χ4v) is 2.46. The van der Waals surface area contributed by atoms with Crippen LogP contribution in [0.1, 0.15) is 16.5 Å². The molecule has 5 nitrogen and oxygen atoms in total. The van der Waals surface area contributed by atoms with E-state index in [0.29, 0.717) is 12.4 Å². The molecular weight excluding hydrogens is 272 g/mol. The minimum absolute atomic E-state index is 0.0616. The first-order valence-corrected chi connectivity index (χ1v) is 6.82. The zero-order valence-electron chi connectivity index (χ0n) is 9.89. The van der Waals surface area contributed by atoms with Gasteiger partial charge in [0.2, 0.25) is 5.91 Å². The van der Waals surface area contributed by atoms with Gasteiger partial charge in [-0.15, -0.1) is 22.9 Å². The van der Waals surface area contributed by atoms with Crippen molar-refractivity contribution in [2.45, 2.75) is 18.8 Å². The van der Waals surface area contributed by atoms with Gasteiger partial charge in [0, 0.05) is 24.8 Å². The number of amides is 1. The summed E-state index contributed by atoms with van der Waals surface area (Å²) in [7, 11) is 1.89. The SMILES string of the molecule is Cn1ccnc1CNC(=O)Cc1nc(CCl)cs1. The van der Waals surface area contributed by atoms with Crippen molar-refractivity contribution in [3.05, 3.63) is 34.3 Å². The normalized spacial score (nSPS) is 10.6. The van der Waals surface area contributed by atoms with Gasteiger partial charge < -0.3 is 9.88 Å². The molecule has 0 aliphatic heterocycles. The Balaban J connectivity index is 1.84. The zero-order chi connectivity index (χ0) is 13.0. The van der Waals surface area contributed by atoms with E-state index in [1.54, 1.807) is 6.20 Å². The number of alkyl halides is 1. The van der Waals surface area contributed by atoms with Crippen molar-refractivity contribution in [1.82, 2.24) is 19.9 Å². The molecule has 2 rings (SSSR count). The lowest BCUT2D eigenvalue weighted by Crippen LogP contribution is -2.25. The summed E-state index contributed by atoms with van der Waals surface area (Å²) < 4.78 is 1.87. The van der Waals surface area contributed by atoms with Crippen molar-refractivity contribution in [2.24, 2.45) is 7.05 Å². The minimum atomic E-state index is -0.0616. The van der Waals surface area contributed by atoms with Gasteiger partial charge in [0.25, 0.3) is 0 Å². The lowest BCUT2D eigenvalue weighted by atomic mass is 10.4. The van der Waals surface area contributed by atoms with Gasteiger partial charge >= 0.3 is 0 Å². The highest BCUT2D eigenvalue weighted by Gasteiger charge is 2.08. The van der Waals surface area contributed by atoms with Crippen LogP contribution >= 0.6 is 22.9 Å². The van der Waals surface area contributed by atoms with Crippen LogP contribution in [0.5, 0.6) is 0 Å². The number of imidazole rings is 1. The van der Waals surface area contributed by atoms with E-state index in [-0.39, 0.29) is 12.3 Å². The Morgan fingerprint density at radius 1 is 1.61 bits per heavy atom. The van der Waals surface area contributed by atoms with E-state index in [2.05, 4.69) is 15.3 Å². The molecule has 0 saturated heterocycles. The monoisotopic (exact) mass is 284 g/mol. The summed E-state index contributed by atoms with van der Waals surface area (Å²) in [5.41, 5.74) is 0.813. The molecule has 0 spiro atoms. The average Bonchev–Trinajstić information content (AvgIpc) is 2.96. The highest BCUT2D eigenvalue weighted by molar-refractivity contribution is 7.09. The topological polar surface area (TPSA) is 59.8 Å². The quantitative estimate of drug-likeness (QED) is 0.846. The van der Waals surface area contributed by atoms with Gasteiger partial charge in [-0.25, -0.2) is 9.97 Å². The number of aryl methyl sites for hydroxylation is 1. The number of halogens is 1. The molecule has 0 bridgehead atoms. The maximum absolute atomic E-state index is 11.7. The van der Waals surface area contributed by atoms with E-state index in [1.807, 2.05) is 23.2 Å². The third kappa shape index (κ3) is 3.30. The number of nitrogens with zero attached hydrogens (tertiary/aromatic N) is 3. The number of rotatable bonds is 5. The molecule has 1 amide bonds. The highest BCUT2D eigenvalue weighted by Crippen LogP contribution is 2.12. The van der Waals surface area contributed by atoms with Crippen molar-refractivity contribution < 1.29 is 4.79 Å². The molecule has 0 aliphatic carbocycles. The first kappa shape index (κ1) is 13.0. The molecule has 2 aromatic rings. The van der Waals surface area contributed by atoms with Crippen LogP contribution in [-0.2, 0) is 30.7 Å². The lowest BCUT2D eigenvalue weighted by molar-refractivity contribution is -0.120. The van der Waals surface area contributed by atoms with E-state index in [1.165, 1.54) is 11.3 Å². The molecule has 18 heavy (non-hydrogen) atoms. The first-order valence-electron chi connectivity index (χ1n) is 5.41. The fourth-order valence-electron chi connectivity index (χ4n) is 1.44. The Bertz CT molecular complexity index is 537. The molecule has 0 fully saturated rings. The van der Waals surface area contributed by atoms with Crippen LogP contribution in [0.15, 0.2) is 17.8 Å². The largest absolute Gasteiger partial charge is 0.349 e. The molecule has 96 valence electrons. The zero-order valence-corrected chi connectivity index (χ0v) is 11.5. The molecule has 0 unspecified atom stereocenters. The van der Waals surface area contributed by atoms with Crippen molar-refractivity contribution in [1.29, 1.82) is 0 Å². The van der Waals surface area contributed by atoms with Crippen LogP contribution in [0.4, 0.5) is 0 Å². The molecule has 0 saturated carbocycles. The summed E-state index contributed by atoms with van der Waals surface area (Å²) in [6.45, 7) is 0.427. The summed E-state index contributed by atoms with van der Waals surface area (Å²) in [5, 5.41) is 5.46. The van der Waals surface area contributed by atoms with Crippen LogP contribution in [0.25, 0.3) is 0 Å².